The Morgan fingerprint density at radius 2 is 1.95 bits per heavy atom. The molecular weight excluding hydrogens is 266 g/mol. The van der Waals surface area contributed by atoms with Crippen molar-refractivity contribution in [2.24, 2.45) is 5.73 Å². The normalized spacial score (nSPS) is 15.4. The van der Waals surface area contributed by atoms with E-state index in [1.807, 2.05) is 30.3 Å². The van der Waals surface area contributed by atoms with E-state index in [1.54, 1.807) is 14.2 Å². The maximum Gasteiger partial charge on any atom is 0.142 e. The van der Waals surface area contributed by atoms with E-state index in [9.17, 15) is 5.26 Å². The van der Waals surface area contributed by atoms with Crippen molar-refractivity contribution in [3.63, 3.8) is 0 Å². The van der Waals surface area contributed by atoms with Gasteiger partial charge < -0.3 is 15.2 Å². The minimum absolute atomic E-state index is 0.158. The standard InChI is InChI=1S/C16H25N3O2/c1-14(11-21-3)19(9-10-20-2)13-16(18,12-17)15-7-5-4-6-8-15/h4-8,14H,9-11,13,18H2,1-3H3. The molecule has 0 radical (unpaired) electrons. The maximum absolute atomic E-state index is 9.56. The molecule has 116 valence electrons. The molecule has 2 unspecified atom stereocenters. The third kappa shape index (κ3) is 5.10. The first-order valence-corrected chi connectivity index (χ1v) is 7.05. The van der Waals surface area contributed by atoms with Crippen molar-refractivity contribution in [3.8, 4) is 6.07 Å². The Labute approximate surface area is 127 Å². The number of nitriles is 1. The fourth-order valence-electron chi connectivity index (χ4n) is 2.26. The third-order valence-corrected chi connectivity index (χ3v) is 3.55. The summed E-state index contributed by atoms with van der Waals surface area (Å²) < 4.78 is 10.4. The first-order valence-electron chi connectivity index (χ1n) is 7.05. The number of ether oxygens (including phenoxy) is 2. The zero-order valence-corrected chi connectivity index (χ0v) is 13.1. The molecule has 1 aromatic carbocycles. The van der Waals surface area contributed by atoms with Crippen LogP contribution in [0.2, 0.25) is 0 Å². The SMILES string of the molecule is COCCN(CC(N)(C#N)c1ccccc1)C(C)COC. The summed E-state index contributed by atoms with van der Waals surface area (Å²) in [6.45, 7) is 4.36. The van der Waals surface area contributed by atoms with Gasteiger partial charge in [-0.3, -0.25) is 4.90 Å². The predicted octanol–water partition coefficient (Wildman–Crippen LogP) is 1.35. The summed E-state index contributed by atoms with van der Waals surface area (Å²) >= 11 is 0. The first kappa shape index (κ1) is 17.6. The minimum Gasteiger partial charge on any atom is -0.383 e. The second-order valence-electron chi connectivity index (χ2n) is 5.22. The molecule has 5 nitrogen and oxygen atoms in total. The van der Waals surface area contributed by atoms with Crippen molar-refractivity contribution in [3.05, 3.63) is 35.9 Å². The van der Waals surface area contributed by atoms with Crippen molar-refractivity contribution < 1.29 is 9.47 Å². The zero-order valence-electron chi connectivity index (χ0n) is 13.1. The minimum atomic E-state index is -1.04. The molecule has 21 heavy (non-hydrogen) atoms. The average Bonchev–Trinajstić information content (AvgIpc) is 2.52. The van der Waals surface area contributed by atoms with Crippen molar-refractivity contribution in [2.45, 2.75) is 18.5 Å². The Balaban J connectivity index is 2.90. The smallest absolute Gasteiger partial charge is 0.142 e. The lowest BCUT2D eigenvalue weighted by atomic mass is 9.91. The molecule has 0 aromatic heterocycles. The lowest BCUT2D eigenvalue weighted by Gasteiger charge is -2.34. The third-order valence-electron chi connectivity index (χ3n) is 3.55. The zero-order chi connectivity index (χ0) is 15.7. The second kappa shape index (κ2) is 8.75. The molecule has 2 N–H and O–H groups in total. The van der Waals surface area contributed by atoms with Crippen LogP contribution in [0.5, 0.6) is 0 Å². The van der Waals surface area contributed by atoms with Crippen LogP contribution in [-0.2, 0) is 15.0 Å². The number of methoxy groups -OCH3 is 2. The lowest BCUT2D eigenvalue weighted by Crippen LogP contribution is -2.51. The Morgan fingerprint density at radius 3 is 2.48 bits per heavy atom. The van der Waals surface area contributed by atoms with Gasteiger partial charge in [0.15, 0.2) is 0 Å². The monoisotopic (exact) mass is 291 g/mol. The summed E-state index contributed by atoms with van der Waals surface area (Å²) in [6, 6.07) is 11.9. The highest BCUT2D eigenvalue weighted by Crippen LogP contribution is 2.20. The molecule has 0 aliphatic carbocycles. The van der Waals surface area contributed by atoms with Crippen LogP contribution in [0.15, 0.2) is 30.3 Å². The molecule has 0 aliphatic rings. The topological polar surface area (TPSA) is 71.5 Å². The highest BCUT2D eigenvalue weighted by atomic mass is 16.5. The van der Waals surface area contributed by atoms with Gasteiger partial charge in [0.2, 0.25) is 0 Å². The Hall–Kier alpha value is -1.45. The van der Waals surface area contributed by atoms with Crippen LogP contribution in [0.3, 0.4) is 0 Å². The lowest BCUT2D eigenvalue weighted by molar-refractivity contribution is 0.0657. The Morgan fingerprint density at radius 1 is 1.29 bits per heavy atom. The molecule has 0 heterocycles. The molecule has 0 spiro atoms. The molecule has 0 saturated carbocycles. The van der Waals surface area contributed by atoms with Crippen LogP contribution in [0.1, 0.15) is 12.5 Å². The molecule has 0 bridgehead atoms. The molecule has 5 heteroatoms. The van der Waals surface area contributed by atoms with Crippen molar-refractivity contribution >= 4 is 0 Å². The summed E-state index contributed by atoms with van der Waals surface area (Å²) in [5.74, 6) is 0. The molecule has 0 aliphatic heterocycles. The van der Waals surface area contributed by atoms with Gasteiger partial charge in [-0.05, 0) is 12.5 Å². The molecule has 0 saturated heterocycles. The van der Waals surface area contributed by atoms with Gasteiger partial charge in [0.1, 0.15) is 5.54 Å². The Kier molecular flexibility index (Phi) is 7.34. The van der Waals surface area contributed by atoms with E-state index in [0.29, 0.717) is 26.3 Å². The van der Waals surface area contributed by atoms with Crippen LogP contribution in [0.25, 0.3) is 0 Å². The fraction of sp³-hybridized carbons (Fsp3) is 0.562. The predicted molar refractivity (Wildman–Crippen MR) is 82.7 cm³/mol. The van der Waals surface area contributed by atoms with E-state index in [4.69, 9.17) is 15.2 Å². The molecule has 0 amide bonds. The van der Waals surface area contributed by atoms with Gasteiger partial charge in [0.05, 0.1) is 19.3 Å². The van der Waals surface area contributed by atoms with Gasteiger partial charge in [-0.25, -0.2) is 0 Å². The first-order chi connectivity index (χ1) is 10.1. The van der Waals surface area contributed by atoms with E-state index in [1.165, 1.54) is 0 Å². The van der Waals surface area contributed by atoms with Crippen LogP contribution in [0, 0.1) is 11.3 Å². The highest BCUT2D eigenvalue weighted by Gasteiger charge is 2.31. The molecule has 2 atom stereocenters. The van der Waals surface area contributed by atoms with Gasteiger partial charge in [-0.15, -0.1) is 0 Å². The summed E-state index contributed by atoms with van der Waals surface area (Å²) in [5, 5.41) is 9.56. The van der Waals surface area contributed by atoms with Gasteiger partial charge in [0.25, 0.3) is 0 Å². The second-order valence-corrected chi connectivity index (χ2v) is 5.22. The van der Waals surface area contributed by atoms with Crippen molar-refractivity contribution in [1.82, 2.24) is 4.90 Å². The van der Waals surface area contributed by atoms with Crippen LogP contribution < -0.4 is 5.73 Å². The van der Waals surface area contributed by atoms with E-state index < -0.39 is 5.54 Å². The fourth-order valence-corrected chi connectivity index (χ4v) is 2.26. The number of hydrogen-bond acceptors (Lipinski definition) is 5. The summed E-state index contributed by atoms with van der Waals surface area (Å²) in [5.41, 5.74) is 6.12. The maximum atomic E-state index is 9.56. The number of rotatable bonds is 9. The van der Waals surface area contributed by atoms with Crippen LogP contribution in [0.4, 0.5) is 0 Å². The number of nitrogens with two attached hydrogens (primary N) is 1. The van der Waals surface area contributed by atoms with E-state index in [0.717, 1.165) is 5.56 Å². The summed E-state index contributed by atoms with van der Waals surface area (Å²) in [7, 11) is 3.33. The van der Waals surface area contributed by atoms with E-state index in [-0.39, 0.29) is 6.04 Å². The summed E-state index contributed by atoms with van der Waals surface area (Å²) in [6.07, 6.45) is 0. The van der Waals surface area contributed by atoms with Crippen molar-refractivity contribution in [1.29, 1.82) is 5.26 Å². The summed E-state index contributed by atoms with van der Waals surface area (Å²) in [4.78, 5) is 2.13. The van der Waals surface area contributed by atoms with Gasteiger partial charge in [-0.1, -0.05) is 30.3 Å². The Bertz CT molecular complexity index is 447. The molecular formula is C16H25N3O2. The highest BCUT2D eigenvalue weighted by molar-refractivity contribution is 5.31. The molecule has 0 fully saturated rings. The van der Waals surface area contributed by atoms with Crippen LogP contribution >= 0.6 is 0 Å². The van der Waals surface area contributed by atoms with E-state index in [2.05, 4.69) is 17.9 Å². The van der Waals surface area contributed by atoms with Gasteiger partial charge in [0, 0.05) is 33.4 Å². The van der Waals surface area contributed by atoms with Gasteiger partial charge >= 0.3 is 0 Å². The largest absolute Gasteiger partial charge is 0.383 e. The van der Waals surface area contributed by atoms with Gasteiger partial charge in [-0.2, -0.15) is 5.26 Å². The number of nitrogens with zero attached hydrogens (tertiary/aromatic N) is 2. The number of hydrogen-bond donors (Lipinski definition) is 1. The number of benzene rings is 1. The molecule has 1 rings (SSSR count). The molecule has 1 aromatic rings. The van der Waals surface area contributed by atoms with Crippen LogP contribution in [-0.4, -0.2) is 51.5 Å². The van der Waals surface area contributed by atoms with E-state index >= 15 is 0 Å². The average molecular weight is 291 g/mol. The van der Waals surface area contributed by atoms with Crippen molar-refractivity contribution in [2.75, 3.05) is 40.5 Å². The quantitative estimate of drug-likeness (QED) is 0.743.